The van der Waals surface area contributed by atoms with E-state index in [1.807, 2.05) is 52.0 Å². The van der Waals surface area contributed by atoms with Crippen LogP contribution in [-0.2, 0) is 10.1 Å². The van der Waals surface area contributed by atoms with E-state index in [1.165, 1.54) is 0 Å². The van der Waals surface area contributed by atoms with Gasteiger partial charge in [-0.2, -0.15) is 0 Å². The van der Waals surface area contributed by atoms with Crippen LogP contribution in [0.25, 0.3) is 22.3 Å². The standard InChI is InChI=1S/C18H20O3S.K/c1-10(2)14-9-15-12-7-5-6-8-13(12)17(15)18(22(19,20)21)16(14)11(3)4;/h5-11H,1-4H3,(H,19,20,21);/q;+1/p-1. The maximum Gasteiger partial charge on any atom is 1.00 e. The SMILES string of the molecule is CC(C)c1cc2c(c(S(=O)(=O)[O-])c1C(C)C)-c1ccccc1-2.[K+]. The smallest absolute Gasteiger partial charge is 0.744 e. The molecule has 0 saturated heterocycles. The van der Waals surface area contributed by atoms with Gasteiger partial charge in [0.2, 0.25) is 0 Å². The fraction of sp³-hybridized carbons (Fsp3) is 0.333. The molecular formula is C18H19KO3S. The summed E-state index contributed by atoms with van der Waals surface area (Å²) in [6.45, 7) is 7.93. The Morgan fingerprint density at radius 2 is 1.48 bits per heavy atom. The second kappa shape index (κ2) is 6.71. The topological polar surface area (TPSA) is 57.2 Å². The van der Waals surface area contributed by atoms with Crippen molar-refractivity contribution >= 4 is 10.1 Å². The molecular weight excluding hydrogens is 335 g/mol. The minimum atomic E-state index is -4.53. The van der Waals surface area contributed by atoms with Crippen LogP contribution >= 0.6 is 0 Å². The third-order valence-electron chi connectivity index (χ3n) is 4.29. The van der Waals surface area contributed by atoms with E-state index in [9.17, 15) is 13.0 Å². The van der Waals surface area contributed by atoms with Gasteiger partial charge in [-0.05, 0) is 45.7 Å². The van der Waals surface area contributed by atoms with Gasteiger partial charge in [-0.3, -0.25) is 0 Å². The second-order valence-electron chi connectivity index (χ2n) is 6.44. The minimum Gasteiger partial charge on any atom is -0.744 e. The molecule has 3 rings (SSSR count). The van der Waals surface area contributed by atoms with Gasteiger partial charge in [0, 0.05) is 5.56 Å². The first kappa shape index (κ1) is 19.3. The molecule has 2 aromatic rings. The molecule has 0 N–H and O–H groups in total. The molecule has 1 aliphatic rings. The molecule has 2 aromatic carbocycles. The normalized spacial score (nSPS) is 12.5. The van der Waals surface area contributed by atoms with E-state index in [0.717, 1.165) is 22.3 Å². The summed E-state index contributed by atoms with van der Waals surface area (Å²) >= 11 is 0. The van der Waals surface area contributed by atoms with Crippen molar-refractivity contribution in [1.29, 1.82) is 0 Å². The first-order valence-electron chi connectivity index (χ1n) is 7.50. The number of benzene rings is 2. The van der Waals surface area contributed by atoms with Crippen LogP contribution in [0.3, 0.4) is 0 Å². The molecule has 0 amide bonds. The summed E-state index contributed by atoms with van der Waals surface area (Å²) in [5.74, 6) is 0.144. The summed E-state index contributed by atoms with van der Waals surface area (Å²) in [5.41, 5.74) is 5.02. The molecule has 3 nitrogen and oxygen atoms in total. The third-order valence-corrected chi connectivity index (χ3v) is 5.21. The first-order valence-corrected chi connectivity index (χ1v) is 8.90. The Balaban J connectivity index is 0.00000192. The second-order valence-corrected chi connectivity index (χ2v) is 7.76. The van der Waals surface area contributed by atoms with Crippen molar-refractivity contribution in [1.82, 2.24) is 0 Å². The van der Waals surface area contributed by atoms with Gasteiger partial charge in [0.05, 0.1) is 4.90 Å². The van der Waals surface area contributed by atoms with Crippen molar-refractivity contribution in [3.8, 4) is 22.3 Å². The fourth-order valence-electron chi connectivity index (χ4n) is 3.38. The Morgan fingerprint density at radius 1 is 0.913 bits per heavy atom. The quantitative estimate of drug-likeness (QED) is 0.529. The van der Waals surface area contributed by atoms with Crippen LogP contribution in [0.5, 0.6) is 0 Å². The van der Waals surface area contributed by atoms with E-state index < -0.39 is 10.1 Å². The van der Waals surface area contributed by atoms with Crippen molar-refractivity contribution in [2.45, 2.75) is 44.4 Å². The van der Waals surface area contributed by atoms with Gasteiger partial charge in [0.25, 0.3) is 0 Å². The molecule has 1 aliphatic carbocycles. The average Bonchev–Trinajstić information content (AvgIpc) is 2.41. The number of hydrogen-bond donors (Lipinski definition) is 0. The average molecular weight is 355 g/mol. The van der Waals surface area contributed by atoms with Gasteiger partial charge < -0.3 is 4.55 Å². The van der Waals surface area contributed by atoms with Crippen LogP contribution in [0.4, 0.5) is 0 Å². The third kappa shape index (κ3) is 3.13. The summed E-state index contributed by atoms with van der Waals surface area (Å²) in [4.78, 5) is -0.0117. The van der Waals surface area contributed by atoms with Crippen LogP contribution in [-0.4, -0.2) is 13.0 Å². The number of hydrogen-bond acceptors (Lipinski definition) is 3. The van der Waals surface area contributed by atoms with Crippen molar-refractivity contribution in [2.75, 3.05) is 0 Å². The molecule has 0 aliphatic heterocycles. The number of rotatable bonds is 3. The summed E-state index contributed by atoms with van der Waals surface area (Å²) in [7, 11) is -4.53. The van der Waals surface area contributed by atoms with E-state index in [-0.39, 0.29) is 68.1 Å². The molecule has 0 radical (unpaired) electrons. The van der Waals surface area contributed by atoms with E-state index in [4.69, 9.17) is 0 Å². The molecule has 0 bridgehead atoms. The van der Waals surface area contributed by atoms with Crippen molar-refractivity contribution in [3.05, 3.63) is 41.5 Å². The van der Waals surface area contributed by atoms with Gasteiger partial charge in [-0.15, -0.1) is 0 Å². The Labute approximate surface area is 180 Å². The predicted octanol–water partition coefficient (Wildman–Crippen LogP) is 1.49. The maximum absolute atomic E-state index is 12.0. The summed E-state index contributed by atoms with van der Waals surface area (Å²) < 4.78 is 36.0. The zero-order valence-electron chi connectivity index (χ0n) is 14.2. The fourth-order valence-corrected chi connectivity index (χ4v) is 4.47. The molecule has 0 saturated carbocycles. The molecule has 0 atom stereocenters. The summed E-state index contributed by atoms with van der Waals surface area (Å²) in [6.07, 6.45) is 0. The molecule has 116 valence electrons. The largest absolute Gasteiger partial charge is 1.00 e. The minimum absolute atomic E-state index is 0. The van der Waals surface area contributed by atoms with Crippen LogP contribution in [0.1, 0.15) is 50.7 Å². The number of fused-ring (bicyclic) bond motifs is 4. The van der Waals surface area contributed by atoms with Gasteiger partial charge in [-0.1, -0.05) is 52.0 Å². The first-order chi connectivity index (χ1) is 10.2. The molecule has 0 fully saturated rings. The zero-order valence-corrected chi connectivity index (χ0v) is 18.1. The van der Waals surface area contributed by atoms with Crippen LogP contribution in [0.2, 0.25) is 0 Å². The van der Waals surface area contributed by atoms with E-state index in [1.54, 1.807) is 0 Å². The van der Waals surface area contributed by atoms with E-state index in [2.05, 4.69) is 6.07 Å². The predicted molar refractivity (Wildman–Crippen MR) is 87.0 cm³/mol. The molecule has 5 heteroatoms. The van der Waals surface area contributed by atoms with Crippen molar-refractivity contribution in [2.24, 2.45) is 0 Å². The van der Waals surface area contributed by atoms with Gasteiger partial charge >= 0.3 is 51.4 Å². The molecule has 0 unspecified atom stereocenters. The maximum atomic E-state index is 12.0. The Morgan fingerprint density at radius 3 is 1.96 bits per heavy atom. The zero-order chi connectivity index (χ0) is 16.2. The summed E-state index contributed by atoms with van der Waals surface area (Å²) in [5, 5.41) is 0. The molecule has 0 heterocycles. The molecule has 0 spiro atoms. The van der Waals surface area contributed by atoms with Crippen LogP contribution < -0.4 is 51.4 Å². The van der Waals surface area contributed by atoms with Crippen LogP contribution in [0.15, 0.2) is 35.2 Å². The Bertz CT molecular complexity index is 868. The Hall–Kier alpha value is -0.0136. The van der Waals surface area contributed by atoms with Gasteiger partial charge in [-0.25, -0.2) is 8.42 Å². The van der Waals surface area contributed by atoms with E-state index >= 15 is 0 Å². The summed E-state index contributed by atoms with van der Waals surface area (Å²) in [6, 6.07) is 9.71. The molecule has 23 heavy (non-hydrogen) atoms. The molecule has 0 aromatic heterocycles. The van der Waals surface area contributed by atoms with Crippen molar-refractivity contribution in [3.63, 3.8) is 0 Å². The van der Waals surface area contributed by atoms with Crippen molar-refractivity contribution < 1.29 is 64.4 Å². The van der Waals surface area contributed by atoms with Gasteiger partial charge in [0.1, 0.15) is 10.1 Å². The Kier molecular flexibility index (Phi) is 5.63. The van der Waals surface area contributed by atoms with E-state index in [0.29, 0.717) is 11.1 Å². The van der Waals surface area contributed by atoms with Crippen LogP contribution in [0, 0.1) is 0 Å². The monoisotopic (exact) mass is 354 g/mol. The van der Waals surface area contributed by atoms with Gasteiger partial charge in [0.15, 0.2) is 0 Å².